The van der Waals surface area contributed by atoms with Crippen LogP contribution < -0.4 is 5.32 Å². The summed E-state index contributed by atoms with van der Waals surface area (Å²) in [6.45, 7) is 6.63. The van der Waals surface area contributed by atoms with Crippen molar-refractivity contribution in [2.24, 2.45) is 5.92 Å². The first-order valence-electron chi connectivity index (χ1n) is 10.6. The van der Waals surface area contributed by atoms with Crippen LogP contribution in [0.5, 0.6) is 0 Å². The fourth-order valence-electron chi connectivity index (χ4n) is 4.85. The molecule has 2 bridgehead atoms. The lowest BCUT2D eigenvalue weighted by Gasteiger charge is -2.34. The van der Waals surface area contributed by atoms with E-state index in [9.17, 15) is 4.79 Å². The molecule has 2 aliphatic rings. The van der Waals surface area contributed by atoms with E-state index in [1.807, 2.05) is 37.8 Å². The Balaban J connectivity index is 1.42. The van der Waals surface area contributed by atoms with Gasteiger partial charge in [-0.2, -0.15) is 0 Å². The molecule has 8 heteroatoms. The van der Waals surface area contributed by atoms with Gasteiger partial charge in [0.05, 0.1) is 11.6 Å². The average molecular weight is 416 g/mol. The topological polar surface area (TPSA) is 96.8 Å². The Morgan fingerprint density at radius 3 is 2.48 bits per heavy atom. The van der Waals surface area contributed by atoms with E-state index in [0.29, 0.717) is 28.9 Å². The predicted molar refractivity (Wildman–Crippen MR) is 116 cm³/mol. The lowest BCUT2D eigenvalue weighted by atomic mass is 10.0. The fraction of sp³-hybridized carbons (Fsp3) is 0.391. The Morgan fingerprint density at radius 1 is 1.03 bits per heavy atom. The van der Waals surface area contributed by atoms with Crippen LogP contribution in [0, 0.1) is 26.7 Å². The Labute approximate surface area is 181 Å². The van der Waals surface area contributed by atoms with Gasteiger partial charge in [0.2, 0.25) is 5.95 Å². The standard InChI is InChI=1S/C23H25N7O/c1-13-7-17(21-24-5-4-6-25-21)20(26-11-13)22(31)30-12-16-9-18(19(30)10-16)29-23-27-14(2)8-15(3)28-23/h4-8,11,16,18-19H,9-10,12H2,1-3H3,(H,27,28,29). The van der Waals surface area contributed by atoms with Crippen molar-refractivity contribution in [2.45, 2.75) is 45.7 Å². The third-order valence-corrected chi connectivity index (χ3v) is 6.07. The van der Waals surface area contributed by atoms with Crippen LogP contribution in [0.4, 0.5) is 5.95 Å². The molecule has 0 aromatic carbocycles. The quantitative estimate of drug-likeness (QED) is 0.700. The molecule has 0 spiro atoms. The van der Waals surface area contributed by atoms with Crippen LogP contribution in [-0.2, 0) is 0 Å². The van der Waals surface area contributed by atoms with Crippen LogP contribution in [0.25, 0.3) is 11.4 Å². The van der Waals surface area contributed by atoms with Crippen LogP contribution in [-0.4, -0.2) is 54.4 Å². The number of piperidine rings is 1. The summed E-state index contributed by atoms with van der Waals surface area (Å²) in [5.41, 5.74) is 3.92. The third kappa shape index (κ3) is 3.73. The lowest BCUT2D eigenvalue weighted by Crippen LogP contribution is -2.48. The summed E-state index contributed by atoms with van der Waals surface area (Å²) in [7, 11) is 0. The number of carbonyl (C=O) groups is 1. The molecule has 1 aliphatic carbocycles. The van der Waals surface area contributed by atoms with Crippen molar-refractivity contribution in [3.8, 4) is 11.4 Å². The first kappa shape index (κ1) is 19.5. The molecule has 158 valence electrons. The molecular formula is C23H25N7O. The van der Waals surface area contributed by atoms with Gasteiger partial charge in [-0.1, -0.05) is 0 Å². The zero-order chi connectivity index (χ0) is 21.5. The van der Waals surface area contributed by atoms with Crippen LogP contribution in [0.3, 0.4) is 0 Å². The molecule has 1 aliphatic heterocycles. The molecule has 3 aromatic rings. The summed E-state index contributed by atoms with van der Waals surface area (Å²) >= 11 is 0. The minimum atomic E-state index is -0.0669. The number of aromatic nitrogens is 5. The molecule has 1 amide bonds. The van der Waals surface area contributed by atoms with Crippen molar-refractivity contribution in [2.75, 3.05) is 11.9 Å². The minimum absolute atomic E-state index is 0.0669. The Kier molecular flexibility index (Phi) is 4.84. The highest BCUT2D eigenvalue weighted by Crippen LogP contribution is 2.40. The Bertz CT molecular complexity index is 1110. The van der Waals surface area contributed by atoms with Crippen molar-refractivity contribution >= 4 is 11.9 Å². The number of fused-ring (bicyclic) bond motifs is 2. The number of amides is 1. The largest absolute Gasteiger partial charge is 0.349 e. The summed E-state index contributed by atoms with van der Waals surface area (Å²) in [5, 5.41) is 3.48. The van der Waals surface area contributed by atoms with E-state index in [4.69, 9.17) is 0 Å². The van der Waals surface area contributed by atoms with E-state index in [1.165, 1.54) is 0 Å². The van der Waals surface area contributed by atoms with Crippen molar-refractivity contribution in [3.63, 3.8) is 0 Å². The number of nitrogens with one attached hydrogen (secondary N) is 1. The predicted octanol–water partition coefficient (Wildman–Crippen LogP) is 2.97. The summed E-state index contributed by atoms with van der Waals surface area (Å²) in [6, 6.07) is 5.88. The highest BCUT2D eigenvalue weighted by atomic mass is 16.2. The van der Waals surface area contributed by atoms with E-state index in [-0.39, 0.29) is 18.0 Å². The molecule has 1 saturated heterocycles. The van der Waals surface area contributed by atoms with Gasteiger partial charge in [-0.3, -0.25) is 9.78 Å². The van der Waals surface area contributed by atoms with Gasteiger partial charge in [0, 0.05) is 42.6 Å². The fourth-order valence-corrected chi connectivity index (χ4v) is 4.85. The molecule has 5 rings (SSSR count). The molecule has 8 nitrogen and oxygen atoms in total. The average Bonchev–Trinajstić information content (AvgIpc) is 3.34. The maximum Gasteiger partial charge on any atom is 0.273 e. The number of rotatable bonds is 4. The van der Waals surface area contributed by atoms with Crippen molar-refractivity contribution in [1.29, 1.82) is 0 Å². The number of hydrogen-bond acceptors (Lipinski definition) is 7. The third-order valence-electron chi connectivity index (χ3n) is 6.07. The second kappa shape index (κ2) is 7.68. The van der Waals surface area contributed by atoms with E-state index < -0.39 is 0 Å². The lowest BCUT2D eigenvalue weighted by molar-refractivity contribution is 0.0686. The minimum Gasteiger partial charge on any atom is -0.349 e. The molecule has 31 heavy (non-hydrogen) atoms. The van der Waals surface area contributed by atoms with Crippen LogP contribution in [0.15, 0.2) is 36.8 Å². The number of anilines is 1. The number of hydrogen-bond donors (Lipinski definition) is 1. The summed E-state index contributed by atoms with van der Waals surface area (Å²) in [5.74, 6) is 1.56. The monoisotopic (exact) mass is 415 g/mol. The van der Waals surface area contributed by atoms with Crippen LogP contribution in [0.2, 0.25) is 0 Å². The number of carbonyl (C=O) groups excluding carboxylic acids is 1. The summed E-state index contributed by atoms with van der Waals surface area (Å²) in [6.07, 6.45) is 7.09. The maximum absolute atomic E-state index is 13.6. The number of pyridine rings is 1. The van der Waals surface area contributed by atoms with E-state index in [2.05, 4.69) is 30.2 Å². The van der Waals surface area contributed by atoms with Gasteiger partial charge in [0.25, 0.3) is 5.91 Å². The first-order valence-corrected chi connectivity index (χ1v) is 10.6. The van der Waals surface area contributed by atoms with Gasteiger partial charge in [-0.25, -0.2) is 19.9 Å². The smallest absolute Gasteiger partial charge is 0.273 e. The van der Waals surface area contributed by atoms with E-state index in [1.54, 1.807) is 24.7 Å². The number of aryl methyl sites for hydroxylation is 3. The van der Waals surface area contributed by atoms with Gasteiger partial charge in [-0.05, 0) is 63.3 Å². The molecule has 0 radical (unpaired) electrons. The molecule has 3 unspecified atom stereocenters. The van der Waals surface area contributed by atoms with E-state index >= 15 is 0 Å². The SMILES string of the molecule is Cc1cnc(C(=O)N2CC3CC(Nc4nc(C)cc(C)n4)C2C3)c(-c2ncccn2)c1. The molecule has 3 atom stereocenters. The molecular weight excluding hydrogens is 390 g/mol. The Morgan fingerprint density at radius 2 is 1.77 bits per heavy atom. The highest BCUT2D eigenvalue weighted by molar-refractivity contribution is 5.98. The zero-order valence-electron chi connectivity index (χ0n) is 17.9. The van der Waals surface area contributed by atoms with E-state index in [0.717, 1.165) is 36.3 Å². The van der Waals surface area contributed by atoms with Gasteiger partial charge in [-0.15, -0.1) is 0 Å². The second-order valence-corrected chi connectivity index (χ2v) is 8.57. The van der Waals surface area contributed by atoms with Gasteiger partial charge in [0.1, 0.15) is 5.69 Å². The highest BCUT2D eigenvalue weighted by Gasteiger charge is 2.47. The van der Waals surface area contributed by atoms with Crippen LogP contribution in [0.1, 0.15) is 40.3 Å². The first-order chi connectivity index (χ1) is 15.0. The molecule has 3 aromatic heterocycles. The molecule has 4 heterocycles. The van der Waals surface area contributed by atoms with Gasteiger partial charge in [0.15, 0.2) is 5.82 Å². The number of nitrogens with zero attached hydrogens (tertiary/aromatic N) is 6. The molecule has 2 fully saturated rings. The molecule has 1 N–H and O–H groups in total. The zero-order valence-corrected chi connectivity index (χ0v) is 17.9. The molecule has 1 saturated carbocycles. The van der Waals surface area contributed by atoms with Gasteiger partial charge < -0.3 is 10.2 Å². The number of likely N-dealkylation sites (tertiary alicyclic amines) is 1. The van der Waals surface area contributed by atoms with Crippen molar-refractivity contribution in [3.05, 3.63) is 59.4 Å². The normalized spacial score (nSPS) is 22.0. The maximum atomic E-state index is 13.6. The summed E-state index contributed by atoms with van der Waals surface area (Å²) < 4.78 is 0. The Hall–Kier alpha value is -3.42. The van der Waals surface area contributed by atoms with Crippen LogP contribution >= 0.6 is 0 Å². The van der Waals surface area contributed by atoms with Crippen molar-refractivity contribution < 1.29 is 4.79 Å². The van der Waals surface area contributed by atoms with Crippen molar-refractivity contribution in [1.82, 2.24) is 29.8 Å². The summed E-state index contributed by atoms with van der Waals surface area (Å²) in [4.78, 5) is 37.8. The van der Waals surface area contributed by atoms with Gasteiger partial charge >= 0.3 is 0 Å². The second-order valence-electron chi connectivity index (χ2n) is 8.57.